The summed E-state index contributed by atoms with van der Waals surface area (Å²) in [7, 11) is 1.55. The van der Waals surface area contributed by atoms with Crippen LogP contribution in [0.25, 0.3) is 0 Å². The molecule has 7 nitrogen and oxygen atoms in total. The third kappa shape index (κ3) is 6.84. The van der Waals surface area contributed by atoms with Gasteiger partial charge in [0, 0.05) is 17.4 Å². The van der Waals surface area contributed by atoms with E-state index in [2.05, 4.69) is 15.6 Å². The lowest BCUT2D eigenvalue weighted by Gasteiger charge is -2.17. The SMILES string of the molecule is COc1cc(C(C)NC(=O)CNC(=O)c2ccc(Cl)cc2Cl)ccc1OCc1ccncc1. The first-order chi connectivity index (χ1) is 15.9. The van der Waals surface area contributed by atoms with Crippen LogP contribution < -0.4 is 20.1 Å². The van der Waals surface area contributed by atoms with Crippen LogP contribution in [0.1, 0.15) is 34.5 Å². The van der Waals surface area contributed by atoms with Gasteiger partial charge in [-0.05, 0) is 60.5 Å². The fraction of sp³-hybridized carbons (Fsp3) is 0.208. The van der Waals surface area contributed by atoms with E-state index in [9.17, 15) is 9.59 Å². The molecule has 2 amide bonds. The molecule has 9 heteroatoms. The first kappa shape index (κ1) is 24.4. The predicted octanol–water partition coefficient (Wildman–Crippen LogP) is 4.58. The van der Waals surface area contributed by atoms with Gasteiger partial charge in [-0.2, -0.15) is 0 Å². The van der Waals surface area contributed by atoms with Gasteiger partial charge in [-0.15, -0.1) is 0 Å². The lowest BCUT2D eigenvalue weighted by atomic mass is 10.1. The van der Waals surface area contributed by atoms with E-state index in [0.29, 0.717) is 23.1 Å². The van der Waals surface area contributed by atoms with Crippen molar-refractivity contribution >= 4 is 35.0 Å². The summed E-state index contributed by atoms with van der Waals surface area (Å²) in [6, 6.07) is 13.4. The molecular formula is C24H23Cl2N3O4. The number of pyridine rings is 1. The minimum absolute atomic E-state index is 0.202. The Morgan fingerprint density at radius 1 is 1.03 bits per heavy atom. The molecule has 3 aromatic rings. The third-order valence-electron chi connectivity index (χ3n) is 4.79. The monoisotopic (exact) mass is 487 g/mol. The molecule has 1 aromatic heterocycles. The lowest BCUT2D eigenvalue weighted by Crippen LogP contribution is -2.38. The molecule has 1 heterocycles. The van der Waals surface area contributed by atoms with E-state index in [-0.39, 0.29) is 29.1 Å². The van der Waals surface area contributed by atoms with E-state index >= 15 is 0 Å². The van der Waals surface area contributed by atoms with E-state index in [1.807, 2.05) is 25.1 Å². The summed E-state index contributed by atoms with van der Waals surface area (Å²) in [4.78, 5) is 28.6. The first-order valence-corrected chi connectivity index (χ1v) is 10.8. The Balaban J connectivity index is 1.55. The van der Waals surface area contributed by atoms with Crippen LogP contribution in [0.3, 0.4) is 0 Å². The Morgan fingerprint density at radius 2 is 1.79 bits per heavy atom. The maximum Gasteiger partial charge on any atom is 0.253 e. The summed E-state index contributed by atoms with van der Waals surface area (Å²) in [6.07, 6.45) is 3.41. The van der Waals surface area contributed by atoms with Gasteiger partial charge < -0.3 is 20.1 Å². The summed E-state index contributed by atoms with van der Waals surface area (Å²) in [5.41, 5.74) is 2.05. The maximum atomic E-state index is 12.3. The van der Waals surface area contributed by atoms with Crippen LogP contribution in [0.5, 0.6) is 11.5 Å². The van der Waals surface area contributed by atoms with Gasteiger partial charge in [0.25, 0.3) is 5.91 Å². The number of ether oxygens (including phenoxy) is 2. The zero-order valence-corrected chi connectivity index (χ0v) is 19.6. The third-order valence-corrected chi connectivity index (χ3v) is 5.34. The van der Waals surface area contributed by atoms with Crippen LogP contribution in [0.2, 0.25) is 10.0 Å². The van der Waals surface area contributed by atoms with Crippen LogP contribution in [0.4, 0.5) is 0 Å². The molecule has 0 aliphatic rings. The molecule has 0 fully saturated rings. The number of methoxy groups -OCH3 is 1. The molecule has 0 radical (unpaired) electrons. The van der Waals surface area contributed by atoms with Crippen molar-refractivity contribution in [2.24, 2.45) is 0 Å². The van der Waals surface area contributed by atoms with Crippen LogP contribution in [-0.2, 0) is 11.4 Å². The molecule has 0 saturated carbocycles. The average Bonchev–Trinajstić information content (AvgIpc) is 2.81. The van der Waals surface area contributed by atoms with Gasteiger partial charge in [0.2, 0.25) is 5.91 Å². The number of rotatable bonds is 9. The molecule has 33 heavy (non-hydrogen) atoms. The van der Waals surface area contributed by atoms with E-state index in [0.717, 1.165) is 11.1 Å². The van der Waals surface area contributed by atoms with Crippen molar-refractivity contribution in [2.45, 2.75) is 19.6 Å². The topological polar surface area (TPSA) is 89.6 Å². The molecule has 0 saturated heterocycles. The Kier molecular flexibility index (Phi) is 8.52. The molecule has 3 rings (SSSR count). The largest absolute Gasteiger partial charge is 0.493 e. The fourth-order valence-electron chi connectivity index (χ4n) is 3.02. The number of hydrogen-bond donors (Lipinski definition) is 2. The second-order valence-electron chi connectivity index (χ2n) is 7.15. The Hall–Kier alpha value is -3.29. The zero-order chi connectivity index (χ0) is 23.8. The van der Waals surface area contributed by atoms with E-state index in [4.69, 9.17) is 32.7 Å². The number of carbonyl (C=O) groups excluding carboxylic acids is 2. The number of halogens is 2. The van der Waals surface area contributed by atoms with Crippen molar-refractivity contribution in [3.63, 3.8) is 0 Å². The highest BCUT2D eigenvalue weighted by Crippen LogP contribution is 2.31. The minimum Gasteiger partial charge on any atom is -0.493 e. The summed E-state index contributed by atoms with van der Waals surface area (Å²) in [5, 5.41) is 6.03. The van der Waals surface area contributed by atoms with Crippen LogP contribution in [0.15, 0.2) is 60.9 Å². The Bertz CT molecular complexity index is 1130. The van der Waals surface area contributed by atoms with Gasteiger partial charge in [0.05, 0.1) is 30.3 Å². The highest BCUT2D eigenvalue weighted by molar-refractivity contribution is 6.36. The summed E-state index contributed by atoms with van der Waals surface area (Å²) in [6.45, 7) is 2.01. The fourth-order valence-corrected chi connectivity index (χ4v) is 3.51. The van der Waals surface area contributed by atoms with Crippen molar-refractivity contribution in [3.8, 4) is 11.5 Å². The zero-order valence-electron chi connectivity index (χ0n) is 18.1. The van der Waals surface area contributed by atoms with Crippen molar-refractivity contribution in [3.05, 3.63) is 87.7 Å². The number of nitrogens with zero attached hydrogens (tertiary/aromatic N) is 1. The van der Waals surface area contributed by atoms with Gasteiger partial charge in [-0.1, -0.05) is 29.3 Å². The van der Waals surface area contributed by atoms with E-state index in [1.54, 1.807) is 37.7 Å². The maximum absolute atomic E-state index is 12.3. The van der Waals surface area contributed by atoms with E-state index < -0.39 is 5.91 Å². The Labute approximate surface area is 202 Å². The summed E-state index contributed by atoms with van der Waals surface area (Å²) < 4.78 is 11.3. The number of benzene rings is 2. The molecule has 1 atom stereocenters. The molecule has 0 aliphatic heterocycles. The van der Waals surface area contributed by atoms with Gasteiger partial charge in [0.15, 0.2) is 11.5 Å². The smallest absolute Gasteiger partial charge is 0.253 e. The van der Waals surface area contributed by atoms with Crippen molar-refractivity contribution in [1.82, 2.24) is 15.6 Å². The first-order valence-electron chi connectivity index (χ1n) is 10.1. The van der Waals surface area contributed by atoms with Crippen LogP contribution >= 0.6 is 23.2 Å². The van der Waals surface area contributed by atoms with Gasteiger partial charge in [-0.25, -0.2) is 0 Å². The molecule has 0 bridgehead atoms. The number of hydrogen-bond acceptors (Lipinski definition) is 5. The van der Waals surface area contributed by atoms with E-state index in [1.165, 1.54) is 12.1 Å². The molecule has 0 aliphatic carbocycles. The predicted molar refractivity (Wildman–Crippen MR) is 127 cm³/mol. The lowest BCUT2D eigenvalue weighted by molar-refractivity contribution is -0.120. The van der Waals surface area contributed by atoms with Gasteiger partial charge in [-0.3, -0.25) is 14.6 Å². The second-order valence-corrected chi connectivity index (χ2v) is 7.99. The van der Waals surface area contributed by atoms with Crippen LogP contribution in [0, 0.1) is 0 Å². The summed E-state index contributed by atoms with van der Waals surface area (Å²) in [5.74, 6) is 0.326. The number of aromatic nitrogens is 1. The molecule has 2 N–H and O–H groups in total. The quantitative estimate of drug-likeness (QED) is 0.460. The standard InChI is InChI=1S/C24H23Cl2N3O4/c1-15(29-23(30)13-28-24(31)19-5-4-18(25)12-20(19)26)17-3-6-21(22(11-17)32-2)33-14-16-7-9-27-10-8-16/h3-12,15H,13-14H2,1-2H3,(H,28,31)(H,29,30). The van der Waals surface area contributed by atoms with Crippen molar-refractivity contribution < 1.29 is 19.1 Å². The second kappa shape index (κ2) is 11.5. The highest BCUT2D eigenvalue weighted by atomic mass is 35.5. The summed E-state index contributed by atoms with van der Waals surface area (Å²) >= 11 is 11.9. The average molecular weight is 488 g/mol. The molecular weight excluding hydrogens is 465 g/mol. The number of nitrogens with one attached hydrogen (secondary N) is 2. The van der Waals surface area contributed by atoms with Crippen molar-refractivity contribution in [2.75, 3.05) is 13.7 Å². The number of carbonyl (C=O) groups is 2. The molecule has 2 aromatic carbocycles. The van der Waals surface area contributed by atoms with Gasteiger partial charge in [0.1, 0.15) is 6.61 Å². The molecule has 172 valence electrons. The van der Waals surface area contributed by atoms with Gasteiger partial charge >= 0.3 is 0 Å². The van der Waals surface area contributed by atoms with Crippen LogP contribution in [-0.4, -0.2) is 30.5 Å². The van der Waals surface area contributed by atoms with Crippen molar-refractivity contribution in [1.29, 1.82) is 0 Å². The minimum atomic E-state index is -0.461. The highest BCUT2D eigenvalue weighted by Gasteiger charge is 2.15. The number of amides is 2. The normalized spacial score (nSPS) is 11.4. The molecule has 0 spiro atoms. The Morgan fingerprint density at radius 3 is 2.48 bits per heavy atom. The molecule has 1 unspecified atom stereocenters.